The van der Waals surface area contributed by atoms with Crippen LogP contribution in [0.4, 0.5) is 0 Å². The van der Waals surface area contributed by atoms with Crippen LogP contribution in [0.25, 0.3) is 5.65 Å². The van der Waals surface area contributed by atoms with Gasteiger partial charge in [-0.05, 0) is 51.3 Å². The van der Waals surface area contributed by atoms with Crippen LogP contribution in [0, 0.1) is 5.92 Å². The fourth-order valence-corrected chi connectivity index (χ4v) is 3.34. The third-order valence-electron chi connectivity index (χ3n) is 4.20. The van der Waals surface area contributed by atoms with E-state index in [0.29, 0.717) is 17.1 Å². The van der Waals surface area contributed by atoms with Crippen molar-refractivity contribution >= 4 is 17.2 Å². The highest BCUT2D eigenvalue weighted by Crippen LogP contribution is 2.23. The number of rotatable bonds is 3. The number of piperidine rings is 1. The smallest absolute Gasteiger partial charge is 0.161 e. The molecule has 1 saturated heterocycles. The van der Waals surface area contributed by atoms with E-state index in [4.69, 9.17) is 11.6 Å². The van der Waals surface area contributed by atoms with Gasteiger partial charge in [0.2, 0.25) is 0 Å². The molecule has 0 spiro atoms. The molecule has 0 radical (unpaired) electrons. The highest BCUT2D eigenvalue weighted by molar-refractivity contribution is 6.29. The number of likely N-dealkylation sites (tertiary alicyclic amines) is 1. The minimum atomic E-state index is 0.622. The highest BCUT2D eigenvalue weighted by atomic mass is 35.5. The summed E-state index contributed by atoms with van der Waals surface area (Å²) in [5.41, 5.74) is 0.837. The highest BCUT2D eigenvalue weighted by Gasteiger charge is 2.23. The zero-order chi connectivity index (χ0) is 14.1. The Hall–Kier alpha value is -1.13. The second kappa shape index (κ2) is 5.70. The van der Waals surface area contributed by atoms with Crippen molar-refractivity contribution in [2.45, 2.75) is 39.2 Å². The van der Waals surface area contributed by atoms with E-state index in [-0.39, 0.29) is 0 Å². The number of halogens is 1. The summed E-state index contributed by atoms with van der Waals surface area (Å²) >= 11 is 6.27. The van der Waals surface area contributed by atoms with Crippen molar-refractivity contribution < 1.29 is 0 Å². The largest absolute Gasteiger partial charge is 0.301 e. The molecular formula is C15H21ClN4. The van der Waals surface area contributed by atoms with Gasteiger partial charge >= 0.3 is 0 Å². The van der Waals surface area contributed by atoms with E-state index in [1.807, 2.05) is 22.6 Å². The van der Waals surface area contributed by atoms with Gasteiger partial charge in [-0.25, -0.2) is 0 Å². The lowest BCUT2D eigenvalue weighted by Crippen LogP contribution is -2.40. The minimum absolute atomic E-state index is 0.622. The molecule has 2 aromatic heterocycles. The monoisotopic (exact) mass is 292 g/mol. The summed E-state index contributed by atoms with van der Waals surface area (Å²) in [4.78, 5) is 2.55. The fraction of sp³-hybridized carbons (Fsp3) is 0.600. The van der Waals surface area contributed by atoms with Gasteiger partial charge in [0.15, 0.2) is 5.65 Å². The first-order valence-corrected chi connectivity index (χ1v) is 7.75. The molecule has 108 valence electrons. The Morgan fingerprint density at radius 1 is 1.35 bits per heavy atom. The summed E-state index contributed by atoms with van der Waals surface area (Å²) in [5.74, 6) is 1.64. The van der Waals surface area contributed by atoms with Gasteiger partial charge in [-0.3, -0.25) is 4.40 Å². The maximum absolute atomic E-state index is 6.27. The summed E-state index contributed by atoms with van der Waals surface area (Å²) in [6.45, 7) is 6.91. The van der Waals surface area contributed by atoms with Crippen molar-refractivity contribution in [2.75, 3.05) is 13.1 Å². The van der Waals surface area contributed by atoms with Crippen molar-refractivity contribution in [3.05, 3.63) is 29.2 Å². The van der Waals surface area contributed by atoms with Gasteiger partial charge in [-0.15, -0.1) is 10.2 Å². The van der Waals surface area contributed by atoms with Crippen LogP contribution < -0.4 is 0 Å². The average molecular weight is 293 g/mol. The zero-order valence-electron chi connectivity index (χ0n) is 12.1. The van der Waals surface area contributed by atoms with E-state index in [1.165, 1.54) is 19.4 Å². The lowest BCUT2D eigenvalue weighted by Gasteiger charge is -2.35. The van der Waals surface area contributed by atoms with Crippen molar-refractivity contribution in [1.29, 1.82) is 0 Å². The number of aromatic nitrogens is 3. The van der Waals surface area contributed by atoms with Crippen molar-refractivity contribution in [1.82, 2.24) is 19.5 Å². The zero-order valence-corrected chi connectivity index (χ0v) is 12.8. The van der Waals surface area contributed by atoms with Crippen LogP contribution in [0.2, 0.25) is 5.15 Å². The molecule has 0 aromatic carbocycles. The molecule has 1 aliphatic rings. The maximum Gasteiger partial charge on any atom is 0.161 e. The van der Waals surface area contributed by atoms with Crippen molar-refractivity contribution in [2.24, 2.45) is 5.92 Å². The summed E-state index contributed by atoms with van der Waals surface area (Å²) < 4.78 is 1.97. The lowest BCUT2D eigenvalue weighted by molar-refractivity contribution is 0.138. The van der Waals surface area contributed by atoms with Crippen LogP contribution >= 0.6 is 11.6 Å². The van der Waals surface area contributed by atoms with Crippen LogP contribution in [0.1, 0.15) is 32.5 Å². The number of fused-ring (bicyclic) bond motifs is 1. The molecule has 4 nitrogen and oxygen atoms in total. The van der Waals surface area contributed by atoms with E-state index in [9.17, 15) is 0 Å². The Morgan fingerprint density at radius 3 is 3.00 bits per heavy atom. The van der Waals surface area contributed by atoms with Gasteiger partial charge in [-0.2, -0.15) is 0 Å². The van der Waals surface area contributed by atoms with Gasteiger partial charge < -0.3 is 4.90 Å². The third kappa shape index (κ3) is 2.67. The number of hydrogen-bond acceptors (Lipinski definition) is 3. The molecule has 0 aliphatic carbocycles. The predicted octanol–water partition coefficient (Wildman–Crippen LogP) is 3.05. The third-order valence-corrected chi connectivity index (χ3v) is 4.49. The topological polar surface area (TPSA) is 33.4 Å². The first-order valence-electron chi connectivity index (χ1n) is 7.37. The molecule has 0 saturated carbocycles. The molecule has 1 unspecified atom stereocenters. The van der Waals surface area contributed by atoms with E-state index in [2.05, 4.69) is 28.9 Å². The van der Waals surface area contributed by atoms with Crippen molar-refractivity contribution in [3.63, 3.8) is 0 Å². The Kier molecular flexibility index (Phi) is 3.94. The molecule has 3 rings (SSSR count). The second-order valence-corrected chi connectivity index (χ2v) is 6.35. The Bertz CT molecular complexity index is 593. The molecule has 2 aromatic rings. The quantitative estimate of drug-likeness (QED) is 0.815. The van der Waals surface area contributed by atoms with E-state index in [1.54, 1.807) is 0 Å². The molecule has 0 amide bonds. The first kappa shape index (κ1) is 13.8. The number of nitrogens with zero attached hydrogens (tertiary/aromatic N) is 4. The van der Waals surface area contributed by atoms with Crippen LogP contribution in [0.15, 0.2) is 18.2 Å². The van der Waals surface area contributed by atoms with E-state index in [0.717, 1.165) is 24.4 Å². The summed E-state index contributed by atoms with van der Waals surface area (Å²) in [7, 11) is 0. The fourth-order valence-electron chi connectivity index (χ4n) is 3.08. The Morgan fingerprint density at radius 2 is 2.20 bits per heavy atom. The van der Waals surface area contributed by atoms with Crippen LogP contribution in [-0.2, 0) is 6.42 Å². The Labute approximate surface area is 124 Å². The minimum Gasteiger partial charge on any atom is -0.301 e. The summed E-state index contributed by atoms with van der Waals surface area (Å²) in [5, 5.41) is 9.24. The van der Waals surface area contributed by atoms with E-state index >= 15 is 0 Å². The van der Waals surface area contributed by atoms with Crippen LogP contribution in [0.3, 0.4) is 0 Å². The Balaban J connectivity index is 1.79. The molecule has 1 fully saturated rings. The number of hydrogen-bond donors (Lipinski definition) is 0. The predicted molar refractivity (Wildman–Crippen MR) is 81.1 cm³/mol. The van der Waals surface area contributed by atoms with E-state index < -0.39 is 0 Å². The first-order chi connectivity index (χ1) is 9.65. The standard InChI is InChI=1S/C15H21ClN4/c1-11(2)19-8-4-5-12(10-19)9-15-18-17-14-7-3-6-13(16)20(14)15/h3,6-7,11-12H,4-5,8-10H2,1-2H3. The average Bonchev–Trinajstić information content (AvgIpc) is 2.84. The molecular weight excluding hydrogens is 272 g/mol. The molecule has 20 heavy (non-hydrogen) atoms. The van der Waals surface area contributed by atoms with Gasteiger partial charge in [0.1, 0.15) is 11.0 Å². The summed E-state index contributed by atoms with van der Waals surface area (Å²) in [6.07, 6.45) is 3.49. The number of pyridine rings is 1. The van der Waals surface area contributed by atoms with Crippen LogP contribution in [-0.4, -0.2) is 38.6 Å². The SMILES string of the molecule is CC(C)N1CCCC(Cc2nnc3cccc(Cl)n23)C1. The van der Waals surface area contributed by atoms with Crippen LogP contribution in [0.5, 0.6) is 0 Å². The van der Waals surface area contributed by atoms with Gasteiger partial charge in [0.25, 0.3) is 0 Å². The summed E-state index contributed by atoms with van der Waals surface area (Å²) in [6, 6.07) is 6.38. The maximum atomic E-state index is 6.27. The molecule has 1 aliphatic heterocycles. The normalized spacial score (nSPS) is 20.9. The second-order valence-electron chi connectivity index (χ2n) is 5.96. The van der Waals surface area contributed by atoms with Gasteiger partial charge in [-0.1, -0.05) is 17.7 Å². The molecule has 1 atom stereocenters. The van der Waals surface area contributed by atoms with Crippen molar-refractivity contribution in [3.8, 4) is 0 Å². The molecule has 0 bridgehead atoms. The molecule has 5 heteroatoms. The lowest BCUT2D eigenvalue weighted by atomic mass is 9.93. The molecule has 0 N–H and O–H groups in total. The molecule has 3 heterocycles. The van der Waals surface area contributed by atoms with Gasteiger partial charge in [0.05, 0.1) is 0 Å². The van der Waals surface area contributed by atoms with Gasteiger partial charge in [0, 0.05) is 19.0 Å².